The van der Waals surface area contributed by atoms with Gasteiger partial charge in [0.2, 0.25) is 0 Å². The van der Waals surface area contributed by atoms with Crippen LogP contribution < -0.4 is 4.74 Å². The Balaban J connectivity index is 2.99. The zero-order chi connectivity index (χ0) is 12.9. The maximum Gasteiger partial charge on any atom is 0.123 e. The molecule has 0 heterocycles. The first kappa shape index (κ1) is 13.6. The maximum absolute atomic E-state index is 5.76. The van der Waals surface area contributed by atoms with Crippen molar-refractivity contribution in [2.45, 2.75) is 46.0 Å². The van der Waals surface area contributed by atoms with Gasteiger partial charge in [-0.2, -0.15) is 0 Å². The van der Waals surface area contributed by atoms with E-state index in [0.717, 1.165) is 12.2 Å². The van der Waals surface area contributed by atoms with Gasteiger partial charge in [-0.15, -0.1) is 12.3 Å². The molecule has 0 aliphatic carbocycles. The van der Waals surface area contributed by atoms with Crippen LogP contribution in [0.15, 0.2) is 18.2 Å². The molecule has 0 fully saturated rings. The predicted octanol–water partition coefficient (Wildman–Crippen LogP) is 3.95. The third kappa shape index (κ3) is 3.82. The van der Waals surface area contributed by atoms with Crippen LogP contribution >= 0.6 is 0 Å². The molecule has 1 heteroatoms. The van der Waals surface area contributed by atoms with Crippen molar-refractivity contribution >= 4 is 0 Å². The van der Waals surface area contributed by atoms with E-state index >= 15 is 0 Å². The fourth-order valence-corrected chi connectivity index (χ4v) is 1.73. The molecule has 0 spiro atoms. The van der Waals surface area contributed by atoms with Crippen molar-refractivity contribution in [2.24, 2.45) is 0 Å². The van der Waals surface area contributed by atoms with Crippen LogP contribution in [0.4, 0.5) is 0 Å². The Morgan fingerprint density at radius 3 is 2.53 bits per heavy atom. The number of rotatable bonds is 4. The highest BCUT2D eigenvalue weighted by Gasteiger charge is 2.19. The van der Waals surface area contributed by atoms with Crippen LogP contribution in [0.3, 0.4) is 0 Å². The van der Waals surface area contributed by atoms with Crippen LogP contribution in [0.5, 0.6) is 5.75 Å². The van der Waals surface area contributed by atoms with Crippen molar-refractivity contribution < 1.29 is 4.74 Å². The molecule has 0 bridgehead atoms. The second-order valence-corrected chi connectivity index (χ2v) is 5.24. The molecule has 0 aliphatic rings. The summed E-state index contributed by atoms with van der Waals surface area (Å²) in [7, 11) is 0. The molecule has 0 saturated heterocycles. The average Bonchev–Trinajstić information content (AvgIpc) is 2.28. The van der Waals surface area contributed by atoms with Crippen LogP contribution in [0, 0.1) is 12.3 Å². The Kier molecular flexibility index (Phi) is 4.63. The zero-order valence-electron chi connectivity index (χ0n) is 11.3. The van der Waals surface area contributed by atoms with E-state index in [1.807, 2.05) is 0 Å². The Labute approximate surface area is 105 Å². The van der Waals surface area contributed by atoms with Crippen molar-refractivity contribution in [1.82, 2.24) is 0 Å². The van der Waals surface area contributed by atoms with E-state index < -0.39 is 0 Å². The van der Waals surface area contributed by atoms with Gasteiger partial charge >= 0.3 is 0 Å². The van der Waals surface area contributed by atoms with Gasteiger partial charge in [0.05, 0.1) is 6.61 Å². The van der Waals surface area contributed by atoms with Crippen LogP contribution in [0.1, 0.15) is 45.2 Å². The van der Waals surface area contributed by atoms with Gasteiger partial charge in [0.15, 0.2) is 0 Å². The average molecular weight is 230 g/mol. The van der Waals surface area contributed by atoms with Crippen LogP contribution in [-0.4, -0.2) is 6.61 Å². The summed E-state index contributed by atoms with van der Waals surface area (Å²) in [5, 5.41) is 0. The highest BCUT2D eigenvalue weighted by Crippen LogP contribution is 2.32. The molecule has 1 rings (SSSR count). The van der Waals surface area contributed by atoms with E-state index in [-0.39, 0.29) is 5.41 Å². The topological polar surface area (TPSA) is 9.23 Å². The quantitative estimate of drug-likeness (QED) is 0.562. The Hall–Kier alpha value is -1.42. The summed E-state index contributed by atoms with van der Waals surface area (Å²) in [5.74, 6) is 3.56. The summed E-state index contributed by atoms with van der Waals surface area (Å²) in [4.78, 5) is 0. The Morgan fingerprint density at radius 1 is 1.29 bits per heavy atom. The third-order valence-corrected chi connectivity index (χ3v) is 2.76. The van der Waals surface area contributed by atoms with Gasteiger partial charge in [0, 0.05) is 6.42 Å². The van der Waals surface area contributed by atoms with E-state index in [9.17, 15) is 0 Å². The highest BCUT2D eigenvalue weighted by atomic mass is 16.5. The first-order valence-corrected chi connectivity index (χ1v) is 6.18. The second-order valence-electron chi connectivity index (χ2n) is 5.24. The highest BCUT2D eigenvalue weighted by molar-refractivity contribution is 5.41. The Bertz CT molecular complexity index is 405. The van der Waals surface area contributed by atoms with Crippen molar-refractivity contribution in [1.29, 1.82) is 0 Å². The van der Waals surface area contributed by atoms with Gasteiger partial charge in [0.1, 0.15) is 5.75 Å². The Morgan fingerprint density at radius 2 is 2.00 bits per heavy atom. The molecule has 0 atom stereocenters. The van der Waals surface area contributed by atoms with Crippen LogP contribution in [-0.2, 0) is 11.8 Å². The summed E-state index contributed by atoms with van der Waals surface area (Å²) in [5.41, 5.74) is 2.70. The molecule has 92 valence electrons. The second kappa shape index (κ2) is 5.77. The molecule has 1 aromatic rings. The first-order valence-electron chi connectivity index (χ1n) is 6.18. The normalized spacial score (nSPS) is 11.0. The van der Waals surface area contributed by atoms with Gasteiger partial charge in [-0.1, -0.05) is 39.8 Å². The minimum atomic E-state index is 0.0939. The zero-order valence-corrected chi connectivity index (χ0v) is 11.3. The molecule has 0 aromatic heterocycles. The van der Waals surface area contributed by atoms with Gasteiger partial charge < -0.3 is 4.74 Å². The monoisotopic (exact) mass is 230 g/mol. The number of benzene rings is 1. The van der Waals surface area contributed by atoms with Crippen molar-refractivity contribution in [3.05, 3.63) is 29.3 Å². The van der Waals surface area contributed by atoms with E-state index in [2.05, 4.69) is 51.8 Å². The van der Waals surface area contributed by atoms with Gasteiger partial charge in [0.25, 0.3) is 0 Å². The molecule has 0 saturated carbocycles. The largest absolute Gasteiger partial charge is 0.492 e. The third-order valence-electron chi connectivity index (χ3n) is 2.76. The molecule has 0 radical (unpaired) electrons. The fraction of sp³-hybridized carbons (Fsp3) is 0.500. The number of aryl methyl sites for hydroxylation is 1. The smallest absolute Gasteiger partial charge is 0.123 e. The molecular weight excluding hydrogens is 208 g/mol. The number of hydrogen-bond donors (Lipinski definition) is 0. The maximum atomic E-state index is 5.76. The summed E-state index contributed by atoms with van der Waals surface area (Å²) >= 11 is 0. The summed E-state index contributed by atoms with van der Waals surface area (Å²) in [6.45, 7) is 9.37. The van der Waals surface area contributed by atoms with Gasteiger partial charge in [-0.25, -0.2) is 0 Å². The fourth-order valence-electron chi connectivity index (χ4n) is 1.73. The molecule has 0 amide bonds. The number of hydrogen-bond acceptors (Lipinski definition) is 1. The minimum Gasteiger partial charge on any atom is -0.492 e. The van der Waals surface area contributed by atoms with Crippen molar-refractivity contribution in [3.8, 4) is 18.1 Å². The lowest BCUT2D eigenvalue weighted by atomic mass is 9.85. The molecular formula is C16H22O. The lowest BCUT2D eigenvalue weighted by Gasteiger charge is -2.23. The van der Waals surface area contributed by atoms with Gasteiger partial charge in [-0.3, -0.25) is 0 Å². The molecule has 0 aliphatic heterocycles. The molecule has 17 heavy (non-hydrogen) atoms. The SMILES string of the molecule is C#CCCOc1ccc(CC)cc1C(C)(C)C. The molecule has 1 nitrogen and oxygen atoms in total. The van der Waals surface area contributed by atoms with Crippen molar-refractivity contribution in [3.63, 3.8) is 0 Å². The predicted molar refractivity (Wildman–Crippen MR) is 73.5 cm³/mol. The van der Waals surface area contributed by atoms with Crippen LogP contribution in [0.25, 0.3) is 0 Å². The van der Waals surface area contributed by atoms with E-state index in [0.29, 0.717) is 13.0 Å². The van der Waals surface area contributed by atoms with E-state index in [1.165, 1.54) is 11.1 Å². The number of terminal acetylenes is 1. The summed E-state index contributed by atoms with van der Waals surface area (Å²) in [6, 6.07) is 6.43. The minimum absolute atomic E-state index is 0.0939. The van der Waals surface area contributed by atoms with Gasteiger partial charge in [-0.05, 0) is 29.0 Å². The molecule has 0 N–H and O–H groups in total. The molecule has 1 aromatic carbocycles. The van der Waals surface area contributed by atoms with E-state index in [1.54, 1.807) is 0 Å². The summed E-state index contributed by atoms with van der Waals surface area (Å²) in [6.07, 6.45) is 6.93. The summed E-state index contributed by atoms with van der Waals surface area (Å²) < 4.78 is 5.76. The van der Waals surface area contributed by atoms with Crippen LogP contribution in [0.2, 0.25) is 0 Å². The molecule has 0 unspecified atom stereocenters. The van der Waals surface area contributed by atoms with E-state index in [4.69, 9.17) is 11.2 Å². The lowest BCUT2D eigenvalue weighted by Crippen LogP contribution is -2.14. The first-order chi connectivity index (χ1) is 7.99. The van der Waals surface area contributed by atoms with Crippen molar-refractivity contribution in [2.75, 3.05) is 6.61 Å². The standard InChI is InChI=1S/C16H22O/c1-6-8-11-17-15-10-9-13(7-2)12-14(15)16(3,4)5/h1,9-10,12H,7-8,11H2,2-5H3. The lowest BCUT2D eigenvalue weighted by molar-refractivity contribution is 0.317. The number of ether oxygens (including phenoxy) is 1.